The smallest absolute Gasteiger partial charge is 0.183 e. The molecule has 9 heteroatoms. The van der Waals surface area contributed by atoms with E-state index in [2.05, 4.69) is 10.2 Å². The van der Waals surface area contributed by atoms with Crippen molar-refractivity contribution in [2.75, 3.05) is 31.1 Å². The van der Waals surface area contributed by atoms with E-state index in [1.165, 1.54) is 6.42 Å². The lowest BCUT2D eigenvalue weighted by Gasteiger charge is -2.34. The van der Waals surface area contributed by atoms with E-state index in [0.29, 0.717) is 6.54 Å². The predicted octanol–water partition coefficient (Wildman–Crippen LogP) is 2.34. The second kappa shape index (κ2) is 9.05. The van der Waals surface area contributed by atoms with Crippen molar-refractivity contribution in [1.82, 2.24) is 10.2 Å². The van der Waals surface area contributed by atoms with Crippen molar-refractivity contribution in [3.8, 4) is 0 Å². The second-order valence-electron chi connectivity index (χ2n) is 8.62. The van der Waals surface area contributed by atoms with Crippen LogP contribution in [0.4, 0.5) is 0 Å². The minimum absolute atomic E-state index is 0.0543. The van der Waals surface area contributed by atoms with Crippen LogP contribution in [0.3, 0.4) is 0 Å². The van der Waals surface area contributed by atoms with Gasteiger partial charge in [0.05, 0.1) is 34.0 Å². The molecule has 1 aromatic heterocycles. The Hall–Kier alpha value is -1.68. The largest absolute Gasteiger partial charge is 0.468 e. The molecule has 0 spiro atoms. The Morgan fingerprint density at radius 3 is 2.45 bits per heavy atom. The van der Waals surface area contributed by atoms with E-state index >= 15 is 0 Å². The van der Waals surface area contributed by atoms with Gasteiger partial charge in [-0.05, 0) is 57.1 Å². The molecule has 3 heterocycles. The molecule has 2 aliphatic rings. The lowest BCUT2D eigenvalue weighted by molar-refractivity contribution is 0.141. The summed E-state index contributed by atoms with van der Waals surface area (Å²) in [5.74, 6) is 0.289. The molecule has 0 bridgehead atoms. The summed E-state index contributed by atoms with van der Waals surface area (Å²) in [5, 5.41) is 2.30. The first-order valence-electron chi connectivity index (χ1n) is 10.8. The zero-order chi connectivity index (χ0) is 22.1. The maximum Gasteiger partial charge on any atom is 0.183 e. The summed E-state index contributed by atoms with van der Waals surface area (Å²) in [6.45, 7) is 4.21. The van der Waals surface area contributed by atoms with Crippen molar-refractivity contribution in [2.24, 2.45) is 0 Å². The molecule has 7 nitrogen and oxygen atoms in total. The summed E-state index contributed by atoms with van der Waals surface area (Å²) in [6.07, 6.45) is 5.06. The van der Waals surface area contributed by atoms with Gasteiger partial charge in [-0.25, -0.2) is 16.8 Å². The maximum atomic E-state index is 13.3. The maximum absolute atomic E-state index is 13.3. The number of hydrogen-bond donors (Lipinski definition) is 1. The number of likely N-dealkylation sites (tertiary alicyclic amines) is 1. The van der Waals surface area contributed by atoms with E-state index in [9.17, 15) is 16.8 Å². The first-order chi connectivity index (χ1) is 14.8. The summed E-state index contributed by atoms with van der Waals surface area (Å²) in [5.41, 5.74) is 0.954. The van der Waals surface area contributed by atoms with Crippen molar-refractivity contribution in [3.05, 3.63) is 54.0 Å². The SMILES string of the molecule is Cc1ccc(S(=O)(=O)[C@H]2CS(=O)(=O)C[C@@H]2NCC(c2ccco2)N2CCCCC2)cc1. The highest BCUT2D eigenvalue weighted by Crippen LogP contribution is 2.28. The van der Waals surface area contributed by atoms with E-state index in [-0.39, 0.29) is 22.4 Å². The van der Waals surface area contributed by atoms with Crippen LogP contribution in [-0.2, 0) is 19.7 Å². The van der Waals surface area contributed by atoms with E-state index in [0.717, 1.165) is 37.3 Å². The third kappa shape index (κ3) is 5.05. The molecule has 0 saturated carbocycles. The van der Waals surface area contributed by atoms with Crippen LogP contribution in [0.2, 0.25) is 0 Å². The van der Waals surface area contributed by atoms with Crippen LogP contribution in [0, 0.1) is 6.92 Å². The molecule has 31 heavy (non-hydrogen) atoms. The molecule has 0 aliphatic carbocycles. The summed E-state index contributed by atoms with van der Waals surface area (Å²) < 4.78 is 57.1. The highest BCUT2D eigenvalue weighted by Gasteiger charge is 2.46. The molecule has 0 radical (unpaired) electrons. The summed E-state index contributed by atoms with van der Waals surface area (Å²) in [4.78, 5) is 2.51. The minimum Gasteiger partial charge on any atom is -0.468 e. The standard InChI is InChI=1S/C22H30N2O5S2/c1-17-7-9-18(10-8-17)31(27,28)22-16-30(25,26)15-19(22)23-14-20(21-6-5-13-29-21)24-11-3-2-4-12-24/h5-10,13,19-20,22-23H,2-4,11-12,14-16H2,1H3/t19-,20?,22-/m0/s1. The number of nitrogens with zero attached hydrogens (tertiary/aromatic N) is 1. The van der Waals surface area contributed by atoms with Gasteiger partial charge in [0.1, 0.15) is 5.76 Å². The van der Waals surface area contributed by atoms with Gasteiger partial charge in [-0.3, -0.25) is 4.90 Å². The molecule has 1 unspecified atom stereocenters. The van der Waals surface area contributed by atoms with E-state index in [1.54, 1.807) is 30.5 Å². The van der Waals surface area contributed by atoms with Gasteiger partial charge in [0.25, 0.3) is 0 Å². The van der Waals surface area contributed by atoms with Crippen LogP contribution in [-0.4, -0.2) is 64.2 Å². The molecule has 170 valence electrons. The molecule has 2 aliphatic heterocycles. The van der Waals surface area contributed by atoms with Gasteiger partial charge in [0.15, 0.2) is 19.7 Å². The number of piperidine rings is 1. The van der Waals surface area contributed by atoms with Gasteiger partial charge in [0.2, 0.25) is 0 Å². The Balaban J connectivity index is 1.55. The van der Waals surface area contributed by atoms with Crippen LogP contribution in [0.25, 0.3) is 0 Å². The second-order valence-corrected chi connectivity index (χ2v) is 12.9. The molecule has 2 aromatic rings. The molecular weight excluding hydrogens is 436 g/mol. The van der Waals surface area contributed by atoms with Gasteiger partial charge in [-0.1, -0.05) is 24.1 Å². The first-order valence-corrected chi connectivity index (χ1v) is 14.1. The van der Waals surface area contributed by atoms with Crippen LogP contribution in [0.15, 0.2) is 52.0 Å². The summed E-state index contributed by atoms with van der Waals surface area (Å²) in [7, 11) is -7.23. The Morgan fingerprint density at radius 2 is 1.81 bits per heavy atom. The zero-order valence-electron chi connectivity index (χ0n) is 17.7. The quantitative estimate of drug-likeness (QED) is 0.669. The topological polar surface area (TPSA) is 96.7 Å². The molecular formula is C22H30N2O5S2. The van der Waals surface area contributed by atoms with Gasteiger partial charge in [-0.15, -0.1) is 0 Å². The molecule has 0 amide bonds. The van der Waals surface area contributed by atoms with E-state index in [1.807, 2.05) is 19.1 Å². The highest BCUT2D eigenvalue weighted by molar-refractivity contribution is 7.96. The molecule has 3 atom stereocenters. The Kier molecular flexibility index (Phi) is 6.57. The van der Waals surface area contributed by atoms with Crippen LogP contribution < -0.4 is 5.32 Å². The fourth-order valence-electron chi connectivity index (χ4n) is 4.60. The van der Waals surface area contributed by atoms with Crippen LogP contribution in [0.1, 0.15) is 36.6 Å². The zero-order valence-corrected chi connectivity index (χ0v) is 19.4. The van der Waals surface area contributed by atoms with E-state index < -0.39 is 31.0 Å². The number of furan rings is 1. The van der Waals surface area contributed by atoms with Gasteiger partial charge in [-0.2, -0.15) is 0 Å². The summed E-state index contributed by atoms with van der Waals surface area (Å²) >= 11 is 0. The predicted molar refractivity (Wildman–Crippen MR) is 119 cm³/mol. The van der Waals surface area contributed by atoms with Crippen molar-refractivity contribution < 1.29 is 21.3 Å². The van der Waals surface area contributed by atoms with Crippen molar-refractivity contribution in [3.63, 3.8) is 0 Å². The number of rotatable bonds is 7. The lowest BCUT2D eigenvalue weighted by Crippen LogP contribution is -2.47. The van der Waals surface area contributed by atoms with Crippen LogP contribution >= 0.6 is 0 Å². The Labute approximate surface area is 184 Å². The fourth-order valence-corrected chi connectivity index (χ4v) is 9.31. The summed E-state index contributed by atoms with van der Waals surface area (Å²) in [6, 6.07) is 9.66. The average Bonchev–Trinajstić information content (AvgIpc) is 3.37. The van der Waals surface area contributed by atoms with Gasteiger partial charge >= 0.3 is 0 Å². The van der Waals surface area contributed by atoms with Gasteiger partial charge in [0, 0.05) is 12.6 Å². The Morgan fingerprint density at radius 1 is 1.10 bits per heavy atom. The highest BCUT2D eigenvalue weighted by atomic mass is 32.2. The van der Waals surface area contributed by atoms with Crippen molar-refractivity contribution in [2.45, 2.75) is 48.4 Å². The monoisotopic (exact) mass is 466 g/mol. The first kappa shape index (κ1) is 22.5. The molecule has 4 rings (SSSR count). The van der Waals surface area contributed by atoms with Crippen molar-refractivity contribution in [1.29, 1.82) is 0 Å². The fraction of sp³-hybridized carbons (Fsp3) is 0.545. The number of sulfone groups is 2. The third-order valence-electron chi connectivity index (χ3n) is 6.32. The van der Waals surface area contributed by atoms with E-state index in [4.69, 9.17) is 4.42 Å². The lowest BCUT2D eigenvalue weighted by atomic mass is 10.1. The molecule has 2 saturated heterocycles. The van der Waals surface area contributed by atoms with Gasteiger partial charge < -0.3 is 9.73 Å². The number of benzene rings is 1. The average molecular weight is 467 g/mol. The number of aryl methyl sites for hydroxylation is 1. The Bertz CT molecular complexity index is 1070. The van der Waals surface area contributed by atoms with Crippen molar-refractivity contribution >= 4 is 19.7 Å². The number of nitrogens with one attached hydrogen (secondary N) is 1. The number of hydrogen-bond acceptors (Lipinski definition) is 7. The molecule has 1 N–H and O–H groups in total. The minimum atomic E-state index is -3.78. The molecule has 1 aromatic carbocycles. The molecule has 2 fully saturated rings. The third-order valence-corrected chi connectivity index (χ3v) is 10.5. The normalized spacial score (nSPS) is 25.5. The van der Waals surface area contributed by atoms with Crippen LogP contribution in [0.5, 0.6) is 0 Å².